The highest BCUT2D eigenvalue weighted by molar-refractivity contribution is 6.06. The molecule has 0 bridgehead atoms. The van der Waals surface area contributed by atoms with Crippen molar-refractivity contribution in [1.29, 1.82) is 0 Å². The summed E-state index contributed by atoms with van der Waals surface area (Å²) in [5.41, 5.74) is -5.07. The highest BCUT2D eigenvalue weighted by atomic mass is 16.7. The number of hydrogen-bond acceptors (Lipinski definition) is 14. The number of ether oxygens (including phenoxy) is 6. The number of methoxy groups -OCH3 is 1. The monoisotopic (exact) mass is 731 g/mol. The van der Waals surface area contributed by atoms with Gasteiger partial charge in [0.15, 0.2) is 24.0 Å². The highest BCUT2D eigenvalue weighted by Gasteiger charge is 2.53. The van der Waals surface area contributed by atoms with Gasteiger partial charge in [0.25, 0.3) is 0 Å². The van der Waals surface area contributed by atoms with E-state index in [1.807, 2.05) is 25.9 Å². The van der Waals surface area contributed by atoms with Crippen LogP contribution in [0.25, 0.3) is 0 Å². The van der Waals surface area contributed by atoms with E-state index in [0.29, 0.717) is 6.42 Å². The van der Waals surface area contributed by atoms with E-state index >= 15 is 0 Å². The van der Waals surface area contributed by atoms with E-state index in [1.54, 1.807) is 41.5 Å². The molecule has 14 nitrogen and oxygen atoms in total. The number of carbonyl (C=O) groups excluding carboxylic acids is 3. The van der Waals surface area contributed by atoms with Gasteiger partial charge in [0.2, 0.25) is 0 Å². The van der Waals surface area contributed by atoms with E-state index < -0.39 is 107 Å². The molecule has 17 atom stereocenters. The van der Waals surface area contributed by atoms with Gasteiger partial charge in [-0.25, -0.2) is 0 Å². The molecule has 0 aromatic rings. The van der Waals surface area contributed by atoms with Crippen LogP contribution in [0.1, 0.15) is 94.9 Å². The zero-order valence-electron chi connectivity index (χ0n) is 32.8. The van der Waals surface area contributed by atoms with Gasteiger partial charge in [-0.15, -0.1) is 0 Å². The summed E-state index contributed by atoms with van der Waals surface area (Å²) in [6, 6.07) is -0.333. The van der Waals surface area contributed by atoms with Crippen LogP contribution in [0.2, 0.25) is 0 Å². The number of nitrogens with zero attached hydrogens (tertiary/aromatic N) is 1. The molecule has 3 aliphatic heterocycles. The van der Waals surface area contributed by atoms with E-state index in [0.717, 1.165) is 0 Å². The SMILES string of the molecule is CC[C@@H]1OC(=O)[C@H](C)[C@@H](OC2C[C@@](C)(OC)[C@@H](O)[C@H](C)O2)[C@H](C)[C@@H](OC2O[C@H](C)C[C@H](N(C)C)[C@H]2O)[C@](C)(O)C[C@@H](C)C(=O)C(C)C(=O)[C@@]1(C)O. The second-order valence-electron chi connectivity index (χ2n) is 16.2. The lowest BCUT2D eigenvalue weighted by molar-refractivity contribution is -0.317. The predicted octanol–water partition coefficient (Wildman–Crippen LogP) is 1.99. The van der Waals surface area contributed by atoms with Gasteiger partial charge in [-0.2, -0.15) is 0 Å². The number of likely N-dealkylation sites (N-methyl/N-ethyl adjacent to an activating group) is 1. The maximum atomic E-state index is 14.0. The number of Topliss-reactive ketones (excluding diaryl/α,β-unsaturated/α-hetero) is 2. The molecule has 3 aliphatic rings. The fourth-order valence-electron chi connectivity index (χ4n) is 8.24. The van der Waals surface area contributed by atoms with Crippen molar-refractivity contribution >= 4 is 17.5 Å². The lowest BCUT2D eigenvalue weighted by Gasteiger charge is -2.49. The molecule has 0 saturated carbocycles. The first-order valence-electron chi connectivity index (χ1n) is 18.4. The van der Waals surface area contributed by atoms with Crippen LogP contribution in [0.3, 0.4) is 0 Å². The first-order chi connectivity index (χ1) is 23.4. The minimum absolute atomic E-state index is 0.0741. The summed E-state index contributed by atoms with van der Waals surface area (Å²) in [4.78, 5) is 43.3. The Kier molecular flexibility index (Phi) is 14.5. The third kappa shape index (κ3) is 9.38. The van der Waals surface area contributed by atoms with Gasteiger partial charge in [-0.3, -0.25) is 14.4 Å². The van der Waals surface area contributed by atoms with Crippen molar-refractivity contribution in [3.05, 3.63) is 0 Å². The predicted molar refractivity (Wildman–Crippen MR) is 185 cm³/mol. The second kappa shape index (κ2) is 16.8. The molecule has 3 rings (SSSR count). The zero-order chi connectivity index (χ0) is 39.0. The molecule has 4 N–H and O–H groups in total. The molecule has 3 heterocycles. The Labute approximate surface area is 303 Å². The van der Waals surface area contributed by atoms with Gasteiger partial charge in [0.05, 0.1) is 47.5 Å². The molecule has 3 fully saturated rings. The largest absolute Gasteiger partial charge is 0.459 e. The number of hydrogen-bond donors (Lipinski definition) is 4. The Bertz CT molecular complexity index is 1210. The molecule has 51 heavy (non-hydrogen) atoms. The summed E-state index contributed by atoms with van der Waals surface area (Å²) in [5.74, 6) is -6.22. The summed E-state index contributed by atoms with van der Waals surface area (Å²) in [6.07, 6.45) is -8.44. The quantitative estimate of drug-likeness (QED) is 0.220. The lowest BCUT2D eigenvalue weighted by Crippen LogP contribution is -2.61. The fourth-order valence-corrected chi connectivity index (χ4v) is 8.24. The van der Waals surface area contributed by atoms with Crippen LogP contribution in [-0.2, 0) is 42.8 Å². The Hall–Kier alpha value is -1.59. The Morgan fingerprint density at radius 3 is 2.08 bits per heavy atom. The summed E-state index contributed by atoms with van der Waals surface area (Å²) < 4.78 is 36.9. The number of cyclic esters (lactones) is 1. The molecular formula is C37H65NO13. The second-order valence-corrected chi connectivity index (χ2v) is 16.2. The fraction of sp³-hybridized carbons (Fsp3) is 0.919. The third-order valence-corrected chi connectivity index (χ3v) is 11.6. The standard InChI is InChI=1S/C37H65NO13/c1-14-25-37(10,45)30(41)20(4)27(39)18(2)16-35(8,44)32(51-34-28(40)24(38(11)12)15-19(3)47-34)21(5)29(22(6)33(43)49-25)50-26-17-36(9,46-13)31(42)23(7)48-26/h18-26,28-29,31-32,34,40,42,44-45H,14-17H2,1-13H3/t18-,19-,20?,21+,22-,23+,24+,25+,26?,28-,29+,31+,32-,34?,35-,36-,37+/m1/s1. The van der Waals surface area contributed by atoms with Crippen molar-refractivity contribution in [2.45, 2.75) is 173 Å². The molecule has 3 unspecified atom stereocenters. The Morgan fingerprint density at radius 2 is 1.53 bits per heavy atom. The van der Waals surface area contributed by atoms with Gasteiger partial charge in [0, 0.05) is 31.4 Å². The maximum Gasteiger partial charge on any atom is 0.311 e. The Morgan fingerprint density at radius 1 is 0.922 bits per heavy atom. The van der Waals surface area contributed by atoms with E-state index in [4.69, 9.17) is 28.4 Å². The lowest BCUT2D eigenvalue weighted by atomic mass is 9.74. The van der Waals surface area contributed by atoms with Crippen molar-refractivity contribution in [2.24, 2.45) is 23.7 Å². The van der Waals surface area contributed by atoms with Crippen LogP contribution in [0.4, 0.5) is 0 Å². The molecule has 296 valence electrons. The molecule has 0 aliphatic carbocycles. The molecule has 0 radical (unpaired) electrons. The minimum Gasteiger partial charge on any atom is -0.459 e. The first-order valence-corrected chi connectivity index (χ1v) is 18.4. The molecule has 3 saturated heterocycles. The van der Waals surface area contributed by atoms with E-state index in [1.165, 1.54) is 27.9 Å². The smallest absolute Gasteiger partial charge is 0.311 e. The number of ketones is 2. The van der Waals surface area contributed by atoms with Crippen LogP contribution in [0.5, 0.6) is 0 Å². The average Bonchev–Trinajstić information content (AvgIpc) is 3.05. The van der Waals surface area contributed by atoms with Gasteiger partial charge < -0.3 is 53.7 Å². The topological polar surface area (TPSA) is 191 Å². The van der Waals surface area contributed by atoms with Gasteiger partial charge in [-0.1, -0.05) is 20.8 Å². The van der Waals surface area contributed by atoms with Crippen molar-refractivity contribution in [1.82, 2.24) is 4.90 Å². The van der Waals surface area contributed by atoms with Crippen molar-refractivity contribution < 1.29 is 63.2 Å². The summed E-state index contributed by atoms with van der Waals surface area (Å²) in [7, 11) is 5.16. The Balaban J connectivity index is 2.19. The first kappa shape index (κ1) is 43.8. The molecular weight excluding hydrogens is 666 g/mol. The molecule has 0 amide bonds. The third-order valence-electron chi connectivity index (χ3n) is 11.6. The summed E-state index contributed by atoms with van der Waals surface area (Å²) >= 11 is 0. The van der Waals surface area contributed by atoms with E-state index in [2.05, 4.69) is 0 Å². The number of aliphatic hydroxyl groups is 4. The van der Waals surface area contributed by atoms with E-state index in [-0.39, 0.29) is 31.4 Å². The van der Waals surface area contributed by atoms with Crippen molar-refractivity contribution in [3.63, 3.8) is 0 Å². The van der Waals surface area contributed by atoms with Crippen LogP contribution in [-0.4, -0.2) is 142 Å². The van der Waals surface area contributed by atoms with Crippen LogP contribution in [0.15, 0.2) is 0 Å². The molecule has 0 aromatic heterocycles. The van der Waals surface area contributed by atoms with Crippen LogP contribution in [0, 0.1) is 23.7 Å². The minimum atomic E-state index is -2.19. The molecule has 14 heteroatoms. The van der Waals surface area contributed by atoms with Crippen molar-refractivity contribution in [3.8, 4) is 0 Å². The van der Waals surface area contributed by atoms with Crippen LogP contribution < -0.4 is 0 Å². The normalized spacial score (nSPS) is 48.3. The molecule has 0 spiro atoms. The zero-order valence-corrected chi connectivity index (χ0v) is 32.8. The van der Waals surface area contributed by atoms with Crippen molar-refractivity contribution in [2.75, 3.05) is 21.2 Å². The number of aliphatic hydroxyl groups excluding tert-OH is 2. The van der Waals surface area contributed by atoms with Gasteiger partial charge >= 0.3 is 5.97 Å². The van der Waals surface area contributed by atoms with Gasteiger partial charge in [0.1, 0.15) is 24.1 Å². The number of rotatable bonds is 7. The highest BCUT2D eigenvalue weighted by Crippen LogP contribution is 2.40. The molecule has 0 aromatic carbocycles. The summed E-state index contributed by atoms with van der Waals surface area (Å²) in [5, 5.41) is 46.1. The number of carbonyl (C=O) groups is 3. The maximum absolute atomic E-state index is 14.0. The van der Waals surface area contributed by atoms with E-state index in [9.17, 15) is 34.8 Å². The number of esters is 1. The van der Waals surface area contributed by atoms with Gasteiger partial charge in [-0.05, 0) is 81.8 Å². The summed E-state index contributed by atoms with van der Waals surface area (Å²) in [6.45, 7) is 16.0. The average molecular weight is 732 g/mol. The van der Waals surface area contributed by atoms with Crippen LogP contribution >= 0.6 is 0 Å².